The molecule has 0 aromatic carbocycles. The minimum absolute atomic E-state index is 0.110. The van der Waals surface area contributed by atoms with Gasteiger partial charge in [0.2, 0.25) is 0 Å². The van der Waals surface area contributed by atoms with Gasteiger partial charge in [-0.2, -0.15) is 0 Å². The van der Waals surface area contributed by atoms with Crippen molar-refractivity contribution < 1.29 is 9.53 Å². The summed E-state index contributed by atoms with van der Waals surface area (Å²) in [5, 5.41) is 0. The highest BCUT2D eigenvalue weighted by Gasteiger charge is 2.55. The molecule has 4 rings (SSSR count). The van der Waals surface area contributed by atoms with Crippen molar-refractivity contribution in [3.05, 3.63) is 23.3 Å². The smallest absolute Gasteiger partial charge is 0.302 e. The molecule has 0 aromatic heterocycles. The summed E-state index contributed by atoms with van der Waals surface area (Å²) in [4.78, 5) is 11.5. The Bertz CT molecular complexity index is 746. The fourth-order valence-electron chi connectivity index (χ4n) is 8.23. The molecule has 2 nitrogen and oxygen atoms in total. The molecule has 2 saturated carbocycles. The molecule has 2 fully saturated rings. The van der Waals surface area contributed by atoms with Crippen molar-refractivity contribution in [1.82, 2.24) is 0 Å². The third-order valence-electron chi connectivity index (χ3n) is 10.0. The lowest BCUT2D eigenvalue weighted by Crippen LogP contribution is -2.44. The Labute approximate surface area is 191 Å². The maximum absolute atomic E-state index is 11.5. The zero-order chi connectivity index (χ0) is 22.4. The average Bonchev–Trinajstić information content (AvgIpc) is 3.05. The van der Waals surface area contributed by atoms with E-state index < -0.39 is 0 Å². The maximum Gasteiger partial charge on any atom is 0.302 e. The second-order valence-electron chi connectivity index (χ2n) is 12.4. The van der Waals surface area contributed by atoms with Gasteiger partial charge in [0.1, 0.15) is 6.10 Å². The number of esters is 1. The van der Waals surface area contributed by atoms with Crippen LogP contribution in [0.2, 0.25) is 0 Å². The standard InChI is InChI=1S/C29H46O2/c1-19(2)8-7-9-20(3)25-12-13-26-24-11-10-22-18-23(31-21(4)30)14-16-28(22,5)27(24)15-17-29(25,26)6/h10-11,19-20,22-23,25-26H,7-9,12-18H2,1-6H3. The lowest BCUT2D eigenvalue weighted by molar-refractivity contribution is -0.149. The molecule has 0 heterocycles. The number of ether oxygens (including phenoxy) is 1. The Morgan fingerprint density at radius 2 is 1.90 bits per heavy atom. The Hall–Kier alpha value is -1.05. The van der Waals surface area contributed by atoms with Gasteiger partial charge in [0.15, 0.2) is 0 Å². The van der Waals surface area contributed by atoms with E-state index >= 15 is 0 Å². The van der Waals surface area contributed by atoms with Crippen LogP contribution in [0.4, 0.5) is 0 Å². The van der Waals surface area contributed by atoms with Gasteiger partial charge < -0.3 is 4.74 Å². The van der Waals surface area contributed by atoms with Crippen molar-refractivity contribution in [2.24, 2.45) is 40.4 Å². The van der Waals surface area contributed by atoms with Gasteiger partial charge in [0.25, 0.3) is 0 Å². The number of hydrogen-bond donors (Lipinski definition) is 0. The van der Waals surface area contributed by atoms with Crippen LogP contribution in [0.25, 0.3) is 0 Å². The summed E-state index contributed by atoms with van der Waals surface area (Å²) in [5.74, 6) is 3.73. The summed E-state index contributed by atoms with van der Waals surface area (Å²) in [6.45, 7) is 14.0. The van der Waals surface area contributed by atoms with E-state index in [4.69, 9.17) is 4.74 Å². The highest BCUT2D eigenvalue weighted by molar-refractivity contribution is 5.66. The molecular weight excluding hydrogens is 380 g/mol. The van der Waals surface area contributed by atoms with Crippen LogP contribution in [0.15, 0.2) is 23.3 Å². The normalized spacial score (nSPS) is 40.4. The zero-order valence-corrected chi connectivity index (χ0v) is 21.0. The minimum Gasteiger partial charge on any atom is -0.463 e. The first-order chi connectivity index (χ1) is 14.6. The first-order valence-corrected chi connectivity index (χ1v) is 13.2. The molecule has 0 N–H and O–H groups in total. The Kier molecular flexibility index (Phi) is 6.50. The summed E-state index contributed by atoms with van der Waals surface area (Å²) in [6, 6.07) is 0. The molecule has 0 aromatic rings. The number of allylic oxidation sites excluding steroid dienone is 4. The van der Waals surface area contributed by atoms with Crippen LogP contribution in [-0.2, 0) is 9.53 Å². The molecule has 0 saturated heterocycles. The van der Waals surface area contributed by atoms with Crippen molar-refractivity contribution in [2.45, 2.75) is 112 Å². The monoisotopic (exact) mass is 426 g/mol. The summed E-state index contributed by atoms with van der Waals surface area (Å²) >= 11 is 0. The van der Waals surface area contributed by atoms with E-state index in [1.165, 1.54) is 44.9 Å². The van der Waals surface area contributed by atoms with E-state index in [0.717, 1.165) is 42.9 Å². The molecule has 7 atom stereocenters. The largest absolute Gasteiger partial charge is 0.463 e. The van der Waals surface area contributed by atoms with Crippen molar-refractivity contribution in [3.63, 3.8) is 0 Å². The van der Waals surface area contributed by atoms with Gasteiger partial charge in [-0.25, -0.2) is 0 Å². The molecule has 31 heavy (non-hydrogen) atoms. The Balaban J connectivity index is 1.50. The molecule has 0 radical (unpaired) electrons. The minimum atomic E-state index is -0.124. The van der Waals surface area contributed by atoms with Gasteiger partial charge in [-0.3, -0.25) is 4.79 Å². The van der Waals surface area contributed by atoms with Gasteiger partial charge in [0.05, 0.1) is 0 Å². The molecule has 0 amide bonds. The third-order valence-corrected chi connectivity index (χ3v) is 10.0. The molecule has 2 heteroatoms. The van der Waals surface area contributed by atoms with E-state index in [9.17, 15) is 4.79 Å². The Morgan fingerprint density at radius 1 is 1.13 bits per heavy atom. The molecule has 0 bridgehead atoms. The fourth-order valence-corrected chi connectivity index (χ4v) is 8.23. The van der Waals surface area contributed by atoms with Gasteiger partial charge in [-0.05, 0) is 90.9 Å². The lowest BCUT2D eigenvalue weighted by Gasteiger charge is -2.53. The highest BCUT2D eigenvalue weighted by atomic mass is 16.5. The van der Waals surface area contributed by atoms with Crippen LogP contribution in [0.3, 0.4) is 0 Å². The molecule has 4 aliphatic carbocycles. The number of rotatable bonds is 6. The van der Waals surface area contributed by atoms with Crippen molar-refractivity contribution >= 4 is 5.97 Å². The van der Waals surface area contributed by atoms with Crippen LogP contribution in [0.5, 0.6) is 0 Å². The molecule has 4 aliphatic rings. The van der Waals surface area contributed by atoms with Crippen LogP contribution >= 0.6 is 0 Å². The second kappa shape index (κ2) is 8.71. The first-order valence-electron chi connectivity index (χ1n) is 13.2. The number of fused-ring (bicyclic) bond motifs is 4. The Morgan fingerprint density at radius 3 is 2.61 bits per heavy atom. The number of carbonyl (C=O) groups is 1. The van der Waals surface area contributed by atoms with Gasteiger partial charge in [0, 0.05) is 6.92 Å². The van der Waals surface area contributed by atoms with Crippen LogP contribution in [0, 0.1) is 40.4 Å². The van der Waals surface area contributed by atoms with Gasteiger partial charge in [-0.1, -0.05) is 71.6 Å². The van der Waals surface area contributed by atoms with E-state index in [1.54, 1.807) is 18.1 Å². The van der Waals surface area contributed by atoms with Crippen molar-refractivity contribution in [2.75, 3.05) is 0 Å². The van der Waals surface area contributed by atoms with E-state index in [2.05, 4.69) is 46.8 Å². The molecule has 7 unspecified atom stereocenters. The van der Waals surface area contributed by atoms with Crippen LogP contribution < -0.4 is 0 Å². The SMILES string of the molecule is CC(=O)OC1CCC2(C)C3=C(C=CC2C1)C1CCC(C(C)CCCC(C)C)C1(C)CC3. The summed E-state index contributed by atoms with van der Waals surface area (Å²) in [7, 11) is 0. The zero-order valence-electron chi connectivity index (χ0n) is 21.0. The summed E-state index contributed by atoms with van der Waals surface area (Å²) in [5.41, 5.74) is 4.26. The number of carbonyl (C=O) groups excluding carboxylic acids is 1. The quantitative estimate of drug-likeness (QED) is 0.404. The topological polar surface area (TPSA) is 26.3 Å². The average molecular weight is 427 g/mol. The predicted molar refractivity (Wildman–Crippen MR) is 129 cm³/mol. The summed E-state index contributed by atoms with van der Waals surface area (Å²) < 4.78 is 5.60. The first kappa shape index (κ1) is 23.1. The number of hydrogen-bond acceptors (Lipinski definition) is 2. The van der Waals surface area contributed by atoms with Crippen LogP contribution in [0.1, 0.15) is 106 Å². The third kappa shape index (κ3) is 4.18. The fraction of sp³-hybridized carbons (Fsp3) is 0.828. The maximum atomic E-state index is 11.5. The van der Waals surface area contributed by atoms with Crippen molar-refractivity contribution in [1.29, 1.82) is 0 Å². The highest BCUT2D eigenvalue weighted by Crippen LogP contribution is 2.64. The van der Waals surface area contributed by atoms with Crippen LogP contribution in [-0.4, -0.2) is 12.1 Å². The molecule has 174 valence electrons. The summed E-state index contributed by atoms with van der Waals surface area (Å²) in [6.07, 6.45) is 18.0. The van der Waals surface area contributed by atoms with E-state index in [-0.39, 0.29) is 17.5 Å². The molecule has 0 spiro atoms. The molecular formula is C29H46O2. The van der Waals surface area contributed by atoms with E-state index in [0.29, 0.717) is 11.3 Å². The van der Waals surface area contributed by atoms with Gasteiger partial charge >= 0.3 is 5.97 Å². The molecule has 0 aliphatic heterocycles. The van der Waals surface area contributed by atoms with E-state index in [1.807, 2.05) is 0 Å². The second-order valence-corrected chi connectivity index (χ2v) is 12.4. The van der Waals surface area contributed by atoms with Gasteiger partial charge in [-0.15, -0.1) is 0 Å². The predicted octanol–water partition coefficient (Wildman–Crippen LogP) is 7.88. The van der Waals surface area contributed by atoms with Crippen molar-refractivity contribution in [3.8, 4) is 0 Å². The lowest BCUT2D eigenvalue weighted by atomic mass is 9.52.